The molecule has 0 bridgehead atoms. The van der Waals surface area contributed by atoms with E-state index in [-0.39, 0.29) is 6.10 Å². The van der Waals surface area contributed by atoms with Crippen molar-refractivity contribution in [1.29, 1.82) is 0 Å². The van der Waals surface area contributed by atoms with Gasteiger partial charge in [-0.25, -0.2) is 4.98 Å². The van der Waals surface area contributed by atoms with Gasteiger partial charge in [0.1, 0.15) is 12.2 Å². The van der Waals surface area contributed by atoms with Crippen molar-refractivity contribution in [2.24, 2.45) is 0 Å². The standard InChI is InChI=1S/C12H23N3O/c1-3-5-6-7-11(16)9-12-13-10-14-15(12)8-4-2/h10-11,16H,3-9H2,1-2H3. The minimum atomic E-state index is -0.272. The number of unbranched alkanes of at least 4 members (excludes halogenated alkanes) is 2. The van der Waals surface area contributed by atoms with Crippen molar-refractivity contribution in [3.05, 3.63) is 12.2 Å². The van der Waals surface area contributed by atoms with Crippen molar-refractivity contribution in [1.82, 2.24) is 14.8 Å². The molecule has 0 aliphatic carbocycles. The highest BCUT2D eigenvalue weighted by molar-refractivity contribution is 4.87. The van der Waals surface area contributed by atoms with Crippen LogP contribution < -0.4 is 0 Å². The molecule has 0 aliphatic heterocycles. The summed E-state index contributed by atoms with van der Waals surface area (Å²) in [6.45, 7) is 5.17. The summed E-state index contributed by atoms with van der Waals surface area (Å²) in [7, 11) is 0. The predicted octanol–water partition coefficient (Wildman–Crippen LogP) is 2.17. The Kier molecular flexibility index (Phi) is 6.08. The lowest BCUT2D eigenvalue weighted by molar-refractivity contribution is 0.157. The Morgan fingerprint density at radius 1 is 1.31 bits per heavy atom. The van der Waals surface area contributed by atoms with E-state index in [4.69, 9.17) is 0 Å². The van der Waals surface area contributed by atoms with Crippen molar-refractivity contribution in [3.8, 4) is 0 Å². The summed E-state index contributed by atoms with van der Waals surface area (Å²) in [6.07, 6.45) is 7.32. The predicted molar refractivity (Wildman–Crippen MR) is 64.2 cm³/mol. The molecule has 1 unspecified atom stereocenters. The second-order valence-electron chi connectivity index (χ2n) is 4.25. The minimum absolute atomic E-state index is 0.272. The Morgan fingerprint density at radius 2 is 2.12 bits per heavy atom. The maximum atomic E-state index is 9.86. The number of hydrogen-bond donors (Lipinski definition) is 1. The number of aromatic nitrogens is 3. The smallest absolute Gasteiger partial charge is 0.138 e. The molecule has 0 fully saturated rings. The molecule has 92 valence electrons. The molecule has 0 spiro atoms. The summed E-state index contributed by atoms with van der Waals surface area (Å²) < 4.78 is 1.89. The van der Waals surface area contributed by atoms with Crippen LogP contribution in [0.2, 0.25) is 0 Å². The van der Waals surface area contributed by atoms with Crippen molar-refractivity contribution in [2.45, 2.75) is 65.0 Å². The molecule has 16 heavy (non-hydrogen) atoms. The van der Waals surface area contributed by atoms with Gasteiger partial charge in [-0.15, -0.1) is 0 Å². The summed E-state index contributed by atoms with van der Waals surface area (Å²) in [5, 5.41) is 14.0. The van der Waals surface area contributed by atoms with Gasteiger partial charge in [0.05, 0.1) is 6.10 Å². The number of hydrogen-bond acceptors (Lipinski definition) is 3. The third-order valence-corrected chi connectivity index (χ3v) is 2.69. The molecule has 0 radical (unpaired) electrons. The number of aliphatic hydroxyl groups excluding tert-OH is 1. The first-order chi connectivity index (χ1) is 7.77. The van der Waals surface area contributed by atoms with E-state index in [0.717, 1.165) is 31.6 Å². The normalized spacial score (nSPS) is 12.9. The molecule has 0 aliphatic rings. The molecule has 1 atom stereocenters. The van der Waals surface area contributed by atoms with Gasteiger partial charge in [-0.3, -0.25) is 4.68 Å². The van der Waals surface area contributed by atoms with Gasteiger partial charge in [-0.1, -0.05) is 33.1 Å². The van der Waals surface area contributed by atoms with E-state index in [0.29, 0.717) is 6.42 Å². The lowest BCUT2D eigenvalue weighted by Crippen LogP contribution is -2.15. The monoisotopic (exact) mass is 225 g/mol. The largest absolute Gasteiger partial charge is 0.393 e. The molecule has 0 saturated heterocycles. The van der Waals surface area contributed by atoms with Crippen molar-refractivity contribution < 1.29 is 5.11 Å². The zero-order valence-corrected chi connectivity index (χ0v) is 10.4. The van der Waals surface area contributed by atoms with Gasteiger partial charge in [-0.05, 0) is 12.8 Å². The zero-order chi connectivity index (χ0) is 11.8. The molecule has 0 aromatic carbocycles. The third kappa shape index (κ3) is 4.31. The van der Waals surface area contributed by atoms with E-state index in [1.165, 1.54) is 12.8 Å². The highest BCUT2D eigenvalue weighted by Gasteiger charge is 2.10. The van der Waals surface area contributed by atoms with Crippen molar-refractivity contribution >= 4 is 0 Å². The van der Waals surface area contributed by atoms with Crippen molar-refractivity contribution in [2.75, 3.05) is 0 Å². The van der Waals surface area contributed by atoms with Gasteiger partial charge in [0.15, 0.2) is 0 Å². The number of aliphatic hydroxyl groups is 1. The Labute approximate surface area is 97.7 Å². The van der Waals surface area contributed by atoms with Crippen LogP contribution >= 0.6 is 0 Å². The Morgan fingerprint density at radius 3 is 2.81 bits per heavy atom. The molecule has 0 saturated carbocycles. The van der Waals surface area contributed by atoms with Crippen LogP contribution in [0.4, 0.5) is 0 Å². The molecule has 1 heterocycles. The van der Waals surface area contributed by atoms with E-state index in [1.54, 1.807) is 6.33 Å². The average Bonchev–Trinajstić information content (AvgIpc) is 2.67. The molecule has 1 aromatic rings. The lowest BCUT2D eigenvalue weighted by atomic mass is 10.1. The van der Waals surface area contributed by atoms with Crippen LogP contribution in [0.1, 0.15) is 51.8 Å². The molecule has 1 rings (SSSR count). The molecule has 4 nitrogen and oxygen atoms in total. The molecule has 1 aromatic heterocycles. The summed E-state index contributed by atoms with van der Waals surface area (Å²) in [5.74, 6) is 0.908. The van der Waals surface area contributed by atoms with Crippen LogP contribution in [0, 0.1) is 0 Å². The van der Waals surface area contributed by atoms with E-state index in [9.17, 15) is 5.11 Å². The number of nitrogens with zero attached hydrogens (tertiary/aromatic N) is 3. The highest BCUT2D eigenvalue weighted by Crippen LogP contribution is 2.08. The summed E-state index contributed by atoms with van der Waals surface area (Å²) >= 11 is 0. The van der Waals surface area contributed by atoms with E-state index < -0.39 is 0 Å². The zero-order valence-electron chi connectivity index (χ0n) is 10.4. The first kappa shape index (κ1) is 13.2. The number of aryl methyl sites for hydroxylation is 1. The van der Waals surface area contributed by atoms with E-state index in [1.807, 2.05) is 4.68 Å². The van der Waals surface area contributed by atoms with Gasteiger partial charge in [0, 0.05) is 13.0 Å². The van der Waals surface area contributed by atoms with E-state index in [2.05, 4.69) is 23.9 Å². The fraction of sp³-hybridized carbons (Fsp3) is 0.833. The molecule has 0 amide bonds. The number of rotatable bonds is 8. The minimum Gasteiger partial charge on any atom is -0.393 e. The third-order valence-electron chi connectivity index (χ3n) is 2.69. The van der Waals surface area contributed by atoms with Crippen LogP contribution in [0.25, 0.3) is 0 Å². The molecule has 4 heteroatoms. The first-order valence-electron chi connectivity index (χ1n) is 6.32. The maximum absolute atomic E-state index is 9.86. The van der Waals surface area contributed by atoms with Crippen LogP contribution in [0.15, 0.2) is 6.33 Å². The molecule has 1 N–H and O–H groups in total. The molecular weight excluding hydrogens is 202 g/mol. The first-order valence-corrected chi connectivity index (χ1v) is 6.32. The topological polar surface area (TPSA) is 50.9 Å². The van der Waals surface area contributed by atoms with Crippen LogP contribution in [-0.2, 0) is 13.0 Å². The maximum Gasteiger partial charge on any atom is 0.138 e. The highest BCUT2D eigenvalue weighted by atomic mass is 16.3. The Hall–Kier alpha value is -0.900. The van der Waals surface area contributed by atoms with E-state index >= 15 is 0 Å². The summed E-state index contributed by atoms with van der Waals surface area (Å²) in [4.78, 5) is 4.19. The van der Waals surface area contributed by atoms with Gasteiger partial charge < -0.3 is 5.11 Å². The average molecular weight is 225 g/mol. The lowest BCUT2D eigenvalue weighted by Gasteiger charge is -2.10. The van der Waals surface area contributed by atoms with Crippen molar-refractivity contribution in [3.63, 3.8) is 0 Å². The van der Waals surface area contributed by atoms with Gasteiger partial charge in [0.2, 0.25) is 0 Å². The van der Waals surface area contributed by atoms with Crippen LogP contribution in [0.5, 0.6) is 0 Å². The Balaban J connectivity index is 2.36. The SMILES string of the molecule is CCCCCC(O)Cc1ncnn1CCC. The Bertz CT molecular complexity index is 286. The second-order valence-corrected chi connectivity index (χ2v) is 4.25. The van der Waals surface area contributed by atoms with Gasteiger partial charge >= 0.3 is 0 Å². The quantitative estimate of drug-likeness (QED) is 0.690. The van der Waals surface area contributed by atoms with Gasteiger partial charge in [-0.2, -0.15) is 5.10 Å². The van der Waals surface area contributed by atoms with Crippen LogP contribution in [-0.4, -0.2) is 26.0 Å². The van der Waals surface area contributed by atoms with Gasteiger partial charge in [0.25, 0.3) is 0 Å². The fourth-order valence-corrected chi connectivity index (χ4v) is 1.79. The summed E-state index contributed by atoms with van der Waals surface area (Å²) in [5.41, 5.74) is 0. The van der Waals surface area contributed by atoms with Crippen LogP contribution in [0.3, 0.4) is 0 Å². The second kappa shape index (κ2) is 7.39. The molecular formula is C12H23N3O. The fourth-order valence-electron chi connectivity index (χ4n) is 1.79. The summed E-state index contributed by atoms with van der Waals surface area (Å²) in [6, 6.07) is 0.